The summed E-state index contributed by atoms with van der Waals surface area (Å²) < 4.78 is 0. The van der Waals surface area contributed by atoms with Gasteiger partial charge in [-0.2, -0.15) is 11.8 Å². The van der Waals surface area contributed by atoms with Gasteiger partial charge in [-0.15, -0.1) is 0 Å². The van der Waals surface area contributed by atoms with Gasteiger partial charge in [-0.05, 0) is 12.8 Å². The number of carbonyl (C=O) groups is 2. The van der Waals surface area contributed by atoms with Crippen LogP contribution in [-0.2, 0) is 9.59 Å². The summed E-state index contributed by atoms with van der Waals surface area (Å²) in [5, 5.41) is 10.2. The molecule has 0 bridgehead atoms. The van der Waals surface area contributed by atoms with Crippen LogP contribution < -0.4 is 0 Å². The number of hydrogen-bond donors (Lipinski definition) is 1. The first-order chi connectivity index (χ1) is 8.99. The summed E-state index contributed by atoms with van der Waals surface area (Å²) in [5.41, 5.74) is 0. The van der Waals surface area contributed by atoms with Crippen molar-refractivity contribution in [1.29, 1.82) is 0 Å². The summed E-state index contributed by atoms with van der Waals surface area (Å²) in [6.45, 7) is 5.79. The van der Waals surface area contributed by atoms with Crippen molar-refractivity contribution >= 4 is 23.6 Å². The predicted octanol–water partition coefficient (Wildman–Crippen LogP) is 2.23. The predicted molar refractivity (Wildman–Crippen MR) is 76.2 cm³/mol. The largest absolute Gasteiger partial charge is 0.481 e. The lowest BCUT2D eigenvalue weighted by Crippen LogP contribution is -2.49. The summed E-state index contributed by atoms with van der Waals surface area (Å²) in [7, 11) is 0. The second-order valence-electron chi connectivity index (χ2n) is 5.84. The lowest BCUT2D eigenvalue weighted by atomic mass is 9.78. The summed E-state index contributed by atoms with van der Waals surface area (Å²) in [6.07, 6.45) is 3.30. The average molecular weight is 285 g/mol. The molecule has 2 rings (SSSR count). The molecule has 108 valence electrons. The Morgan fingerprint density at radius 1 is 1.05 bits per heavy atom. The summed E-state index contributed by atoms with van der Waals surface area (Å²) in [4.78, 5) is 25.8. The van der Waals surface area contributed by atoms with Crippen LogP contribution >= 0.6 is 11.8 Å². The van der Waals surface area contributed by atoms with E-state index in [2.05, 4.69) is 13.8 Å². The van der Waals surface area contributed by atoms with E-state index in [-0.39, 0.29) is 11.8 Å². The van der Waals surface area contributed by atoms with E-state index < -0.39 is 11.9 Å². The lowest BCUT2D eigenvalue weighted by Gasteiger charge is -2.38. The highest BCUT2D eigenvalue weighted by Gasteiger charge is 2.39. The summed E-state index contributed by atoms with van der Waals surface area (Å²) in [5.74, 6) is -1.49. The Morgan fingerprint density at radius 2 is 1.58 bits per heavy atom. The van der Waals surface area contributed by atoms with Gasteiger partial charge in [-0.3, -0.25) is 9.59 Å². The quantitative estimate of drug-likeness (QED) is 0.845. The molecule has 0 aromatic carbocycles. The molecule has 1 saturated carbocycles. The van der Waals surface area contributed by atoms with Gasteiger partial charge in [0, 0.05) is 23.6 Å². The van der Waals surface area contributed by atoms with Crippen LogP contribution in [0.15, 0.2) is 0 Å². The Labute approximate surface area is 118 Å². The standard InChI is InChI=1S/C14H23NO3S/c1-9-7-15(8-10(2)19-9)13(16)11-5-3-4-6-12(11)14(17)18/h9-12H,3-8H2,1-2H3,(H,17,18)/t9?,10?,11-,12+/m1/s1. The molecule has 1 heterocycles. The zero-order valence-electron chi connectivity index (χ0n) is 11.7. The van der Waals surface area contributed by atoms with Crippen LogP contribution in [0.1, 0.15) is 39.5 Å². The smallest absolute Gasteiger partial charge is 0.307 e. The monoisotopic (exact) mass is 285 g/mol. The van der Waals surface area contributed by atoms with E-state index in [4.69, 9.17) is 0 Å². The number of hydrogen-bond acceptors (Lipinski definition) is 3. The van der Waals surface area contributed by atoms with Crippen LogP contribution in [0.4, 0.5) is 0 Å². The van der Waals surface area contributed by atoms with Crippen LogP contribution in [0, 0.1) is 11.8 Å². The van der Waals surface area contributed by atoms with E-state index in [0.717, 1.165) is 32.4 Å². The fourth-order valence-corrected chi connectivity index (χ4v) is 4.64. The first-order valence-corrected chi connectivity index (χ1v) is 8.10. The van der Waals surface area contributed by atoms with Gasteiger partial charge >= 0.3 is 5.97 Å². The molecular weight excluding hydrogens is 262 g/mol. The van der Waals surface area contributed by atoms with Gasteiger partial charge in [0.2, 0.25) is 5.91 Å². The topological polar surface area (TPSA) is 57.6 Å². The number of aliphatic carboxylic acids is 1. The van der Waals surface area contributed by atoms with Crippen molar-refractivity contribution < 1.29 is 14.7 Å². The zero-order chi connectivity index (χ0) is 14.0. The van der Waals surface area contributed by atoms with E-state index in [1.165, 1.54) is 0 Å². The van der Waals surface area contributed by atoms with Crippen LogP contribution in [0.5, 0.6) is 0 Å². The molecule has 5 heteroatoms. The Hall–Kier alpha value is -0.710. The molecule has 1 aliphatic carbocycles. The summed E-state index contributed by atoms with van der Waals surface area (Å²) in [6, 6.07) is 0. The molecule has 1 amide bonds. The molecule has 1 saturated heterocycles. The minimum atomic E-state index is -0.800. The first-order valence-electron chi connectivity index (χ1n) is 7.16. The molecule has 0 radical (unpaired) electrons. The van der Waals surface area contributed by atoms with E-state index in [9.17, 15) is 14.7 Å². The van der Waals surface area contributed by atoms with Crippen molar-refractivity contribution in [2.75, 3.05) is 13.1 Å². The molecule has 4 nitrogen and oxygen atoms in total. The lowest BCUT2D eigenvalue weighted by molar-refractivity contribution is -0.152. The molecule has 0 aromatic rings. The highest BCUT2D eigenvalue weighted by molar-refractivity contribution is 8.00. The number of carboxylic acid groups (broad SMARTS) is 1. The van der Waals surface area contributed by atoms with Crippen molar-refractivity contribution in [3.05, 3.63) is 0 Å². The number of rotatable bonds is 2. The minimum absolute atomic E-state index is 0.0751. The van der Waals surface area contributed by atoms with Gasteiger partial charge in [-0.25, -0.2) is 0 Å². The van der Waals surface area contributed by atoms with E-state index >= 15 is 0 Å². The number of amides is 1. The maximum Gasteiger partial charge on any atom is 0.307 e. The third kappa shape index (κ3) is 3.44. The SMILES string of the molecule is CC1CN(C(=O)[C@@H]2CCCC[C@@H]2C(=O)O)CC(C)S1. The third-order valence-electron chi connectivity index (χ3n) is 4.13. The van der Waals surface area contributed by atoms with Gasteiger partial charge in [0.15, 0.2) is 0 Å². The second-order valence-corrected chi connectivity index (χ2v) is 7.72. The normalized spacial score (nSPS) is 36.0. The van der Waals surface area contributed by atoms with Gasteiger partial charge in [0.25, 0.3) is 0 Å². The number of nitrogens with zero attached hydrogens (tertiary/aromatic N) is 1. The van der Waals surface area contributed by atoms with Crippen LogP contribution in [0.3, 0.4) is 0 Å². The van der Waals surface area contributed by atoms with Gasteiger partial charge in [0.1, 0.15) is 0 Å². The molecule has 2 unspecified atom stereocenters. The van der Waals surface area contributed by atoms with Crippen molar-refractivity contribution in [3.8, 4) is 0 Å². The van der Waals surface area contributed by atoms with Crippen LogP contribution in [0.2, 0.25) is 0 Å². The Balaban J connectivity index is 2.06. The Bertz CT molecular complexity index is 351. The van der Waals surface area contributed by atoms with Gasteiger partial charge in [0.05, 0.1) is 11.8 Å². The molecule has 1 N–H and O–H groups in total. The number of carboxylic acids is 1. The van der Waals surface area contributed by atoms with Crippen molar-refractivity contribution in [3.63, 3.8) is 0 Å². The highest BCUT2D eigenvalue weighted by Crippen LogP contribution is 2.33. The van der Waals surface area contributed by atoms with E-state index in [1.807, 2.05) is 16.7 Å². The molecule has 2 fully saturated rings. The molecular formula is C14H23NO3S. The molecule has 1 aliphatic heterocycles. The van der Waals surface area contributed by atoms with Gasteiger partial charge < -0.3 is 10.0 Å². The van der Waals surface area contributed by atoms with Crippen molar-refractivity contribution in [2.24, 2.45) is 11.8 Å². The fourth-order valence-electron chi connectivity index (χ4n) is 3.31. The highest BCUT2D eigenvalue weighted by atomic mass is 32.2. The van der Waals surface area contributed by atoms with Crippen LogP contribution in [-0.4, -0.2) is 45.5 Å². The molecule has 0 spiro atoms. The molecule has 0 aromatic heterocycles. The molecule has 4 atom stereocenters. The Morgan fingerprint density at radius 3 is 2.11 bits per heavy atom. The summed E-state index contributed by atoms with van der Waals surface area (Å²) >= 11 is 1.91. The van der Waals surface area contributed by atoms with Crippen molar-refractivity contribution in [2.45, 2.75) is 50.0 Å². The maximum absolute atomic E-state index is 12.6. The maximum atomic E-state index is 12.6. The fraction of sp³-hybridized carbons (Fsp3) is 0.857. The zero-order valence-corrected chi connectivity index (χ0v) is 12.5. The minimum Gasteiger partial charge on any atom is -0.481 e. The van der Waals surface area contributed by atoms with E-state index in [0.29, 0.717) is 16.9 Å². The van der Waals surface area contributed by atoms with Gasteiger partial charge in [-0.1, -0.05) is 26.7 Å². The van der Waals surface area contributed by atoms with E-state index in [1.54, 1.807) is 0 Å². The average Bonchev–Trinajstić information content (AvgIpc) is 2.36. The molecule has 19 heavy (non-hydrogen) atoms. The second kappa shape index (κ2) is 6.16. The van der Waals surface area contributed by atoms with Crippen molar-refractivity contribution in [1.82, 2.24) is 4.90 Å². The molecule has 2 aliphatic rings. The first kappa shape index (κ1) is 14.7. The Kier molecular flexibility index (Phi) is 4.76. The third-order valence-corrected chi connectivity index (χ3v) is 5.36. The number of thioether (sulfide) groups is 1. The van der Waals surface area contributed by atoms with Crippen LogP contribution in [0.25, 0.3) is 0 Å². The number of carbonyl (C=O) groups excluding carboxylic acids is 1.